The van der Waals surface area contributed by atoms with Crippen LogP contribution in [0.15, 0.2) is 52.2 Å². The van der Waals surface area contributed by atoms with Crippen LogP contribution < -0.4 is 27.2 Å². The molecular formula is C44H75N5O10Si2. The number of aromatic amines is 1. The van der Waals surface area contributed by atoms with E-state index >= 15 is 0 Å². The molecule has 1 aromatic carbocycles. The lowest BCUT2D eigenvalue weighted by Crippen LogP contribution is -2.55. The van der Waals surface area contributed by atoms with Crippen LogP contribution in [-0.2, 0) is 39.3 Å². The van der Waals surface area contributed by atoms with E-state index in [2.05, 4.69) is 88.7 Å². The fourth-order valence-corrected chi connectivity index (χ4v) is 8.83. The molecule has 1 aliphatic heterocycles. The minimum Gasteiger partial charge on any atom is -0.459 e. The second-order valence-corrected chi connectivity index (χ2v) is 30.1. The Bertz CT molecular complexity index is 1860. The molecule has 4 N–H and O–H groups in total. The van der Waals surface area contributed by atoms with E-state index < -0.39 is 82.2 Å². The lowest BCUT2D eigenvalue weighted by molar-refractivity contribution is -0.159. The standard InChI is InChI=1S/C44H75N5O10Si2/c1-29(2)26-31(47-41(54)55-28-30-20-17-16-18-21-30)37(51)46-24-19-23-45-32(39(52)57-42(3,4)5)27-33-35(58-60(12,13)43(6,7)8)36(59-61(14,15)44(9,10)11)38(56-33)49-25-22-34(50)48-40(49)53/h16-18,20-22,25,29,31-33,35-36,38,45H,19,23-24,26-28H2,1-15H3,(H,46,51)(H,47,54)(H,48,50,53)/t31-,32-,33+,35+,36+,38+/m0/s1. The Morgan fingerprint density at radius 1 is 0.836 bits per heavy atom. The van der Waals surface area contributed by atoms with Crippen molar-refractivity contribution >= 4 is 34.6 Å². The molecule has 6 atom stereocenters. The molecule has 1 aliphatic rings. The van der Waals surface area contributed by atoms with Gasteiger partial charge in [0.1, 0.15) is 36.5 Å². The Balaban J connectivity index is 1.87. The summed E-state index contributed by atoms with van der Waals surface area (Å²) in [4.78, 5) is 67.9. The molecule has 3 rings (SSSR count). The predicted molar refractivity (Wildman–Crippen MR) is 242 cm³/mol. The van der Waals surface area contributed by atoms with Gasteiger partial charge >= 0.3 is 17.8 Å². The fraction of sp³-hybridized carbons (Fsp3) is 0.705. The molecule has 0 aliphatic carbocycles. The van der Waals surface area contributed by atoms with Gasteiger partial charge in [-0.15, -0.1) is 0 Å². The number of rotatable bonds is 19. The van der Waals surface area contributed by atoms with Gasteiger partial charge in [0, 0.05) is 25.2 Å². The van der Waals surface area contributed by atoms with Gasteiger partial charge in [0.2, 0.25) is 5.91 Å². The van der Waals surface area contributed by atoms with Crippen molar-refractivity contribution in [2.24, 2.45) is 5.92 Å². The van der Waals surface area contributed by atoms with Crippen molar-refractivity contribution in [3.8, 4) is 0 Å². The van der Waals surface area contributed by atoms with E-state index in [1.54, 1.807) is 20.8 Å². The van der Waals surface area contributed by atoms with E-state index in [-0.39, 0.29) is 41.5 Å². The van der Waals surface area contributed by atoms with Gasteiger partial charge in [0.25, 0.3) is 5.56 Å². The number of amides is 2. The summed E-state index contributed by atoms with van der Waals surface area (Å²) in [7, 11) is -5.09. The normalized spacial score (nSPS) is 19.9. The zero-order valence-electron chi connectivity index (χ0n) is 39.4. The first-order chi connectivity index (χ1) is 28.0. The molecule has 2 aromatic rings. The van der Waals surface area contributed by atoms with E-state index in [0.717, 1.165) is 5.56 Å². The number of alkyl carbamates (subject to hydrolysis) is 1. The third-order valence-electron chi connectivity index (χ3n) is 11.6. The Morgan fingerprint density at radius 2 is 1.43 bits per heavy atom. The van der Waals surface area contributed by atoms with E-state index in [0.29, 0.717) is 19.4 Å². The number of aromatic nitrogens is 2. The van der Waals surface area contributed by atoms with Crippen molar-refractivity contribution in [1.82, 2.24) is 25.5 Å². The molecule has 344 valence electrons. The molecular weight excluding hydrogens is 815 g/mol. The summed E-state index contributed by atoms with van der Waals surface area (Å²) in [6.45, 7) is 31.3. The average molecular weight is 890 g/mol. The quantitative estimate of drug-likeness (QED) is 0.0664. The largest absolute Gasteiger partial charge is 0.459 e. The Morgan fingerprint density at radius 3 is 1.97 bits per heavy atom. The Hall–Kier alpha value is -3.62. The zero-order valence-corrected chi connectivity index (χ0v) is 41.4. The van der Waals surface area contributed by atoms with Crippen molar-refractivity contribution in [2.75, 3.05) is 13.1 Å². The van der Waals surface area contributed by atoms with Crippen LogP contribution in [0.3, 0.4) is 0 Å². The average Bonchev–Trinajstić information content (AvgIpc) is 3.42. The molecule has 0 saturated carbocycles. The molecule has 15 nitrogen and oxygen atoms in total. The smallest absolute Gasteiger partial charge is 0.408 e. The summed E-state index contributed by atoms with van der Waals surface area (Å²) in [5.41, 5.74) is -1.14. The first-order valence-electron chi connectivity index (χ1n) is 21.5. The van der Waals surface area contributed by atoms with E-state index in [4.69, 9.17) is 23.1 Å². The highest BCUT2D eigenvalue weighted by Crippen LogP contribution is 2.46. The number of H-pyrrole nitrogens is 1. The molecule has 0 radical (unpaired) electrons. The minimum absolute atomic E-state index is 0.0822. The molecule has 61 heavy (non-hydrogen) atoms. The maximum absolute atomic E-state index is 14.0. The predicted octanol–water partition coefficient (Wildman–Crippen LogP) is 6.75. The van der Waals surface area contributed by atoms with Crippen molar-refractivity contribution in [3.05, 3.63) is 69.0 Å². The molecule has 17 heteroatoms. The number of nitrogens with zero attached hydrogens (tertiary/aromatic N) is 1. The maximum atomic E-state index is 14.0. The van der Waals surface area contributed by atoms with Crippen molar-refractivity contribution < 1.29 is 37.4 Å². The Kier molecular flexibility index (Phi) is 18.0. The topological polar surface area (TPSA) is 188 Å². The van der Waals surface area contributed by atoms with Crippen LogP contribution >= 0.6 is 0 Å². The van der Waals surface area contributed by atoms with Gasteiger partial charge in [-0.3, -0.25) is 23.9 Å². The fourth-order valence-electron chi connectivity index (χ4n) is 6.23. The number of hydrogen-bond donors (Lipinski definition) is 4. The molecule has 0 unspecified atom stereocenters. The van der Waals surface area contributed by atoms with Gasteiger partial charge in [-0.1, -0.05) is 85.7 Å². The van der Waals surface area contributed by atoms with E-state index in [1.165, 1.54) is 16.8 Å². The first-order valence-corrected chi connectivity index (χ1v) is 27.4. The third-order valence-corrected chi connectivity index (χ3v) is 20.6. The number of ether oxygens (including phenoxy) is 3. The Labute approximate surface area is 365 Å². The number of hydrogen-bond acceptors (Lipinski definition) is 11. The summed E-state index contributed by atoms with van der Waals surface area (Å²) < 4.78 is 33.7. The monoisotopic (exact) mass is 890 g/mol. The number of carbonyl (C=O) groups is 3. The lowest BCUT2D eigenvalue weighted by atomic mass is 10.0. The highest BCUT2D eigenvalue weighted by Gasteiger charge is 2.55. The highest BCUT2D eigenvalue weighted by molar-refractivity contribution is 6.74. The van der Waals surface area contributed by atoms with Crippen LogP contribution in [0.25, 0.3) is 0 Å². The summed E-state index contributed by atoms with van der Waals surface area (Å²) in [5, 5.41) is 8.58. The van der Waals surface area contributed by atoms with Crippen molar-refractivity contribution in [1.29, 1.82) is 0 Å². The van der Waals surface area contributed by atoms with Crippen LogP contribution in [0.5, 0.6) is 0 Å². The van der Waals surface area contributed by atoms with Crippen molar-refractivity contribution in [2.45, 2.75) is 181 Å². The maximum Gasteiger partial charge on any atom is 0.408 e. The molecule has 0 spiro atoms. The van der Waals surface area contributed by atoms with Gasteiger partial charge in [-0.25, -0.2) is 9.59 Å². The third kappa shape index (κ3) is 15.6. The van der Waals surface area contributed by atoms with Gasteiger partial charge < -0.3 is 39.0 Å². The van der Waals surface area contributed by atoms with Crippen LogP contribution in [0, 0.1) is 5.92 Å². The zero-order chi connectivity index (χ0) is 46.1. The number of nitrogens with one attached hydrogen (secondary N) is 4. The van der Waals surface area contributed by atoms with Crippen LogP contribution in [0.2, 0.25) is 36.3 Å². The second-order valence-electron chi connectivity index (χ2n) is 20.6. The molecule has 2 heterocycles. The number of benzene rings is 1. The first kappa shape index (κ1) is 51.7. The molecule has 2 amide bonds. The van der Waals surface area contributed by atoms with Crippen LogP contribution in [0.4, 0.5) is 4.79 Å². The summed E-state index contributed by atoms with van der Waals surface area (Å²) >= 11 is 0. The van der Waals surface area contributed by atoms with Gasteiger partial charge in [0.15, 0.2) is 22.9 Å². The van der Waals surface area contributed by atoms with Crippen molar-refractivity contribution in [3.63, 3.8) is 0 Å². The molecule has 1 fully saturated rings. The molecule has 1 aromatic heterocycles. The van der Waals surface area contributed by atoms with Gasteiger partial charge in [0.05, 0.1) is 6.10 Å². The molecule has 1 saturated heterocycles. The summed E-state index contributed by atoms with van der Waals surface area (Å²) in [5.74, 6) is -0.707. The summed E-state index contributed by atoms with van der Waals surface area (Å²) in [6, 6.07) is 8.90. The van der Waals surface area contributed by atoms with E-state index in [9.17, 15) is 24.0 Å². The van der Waals surface area contributed by atoms with Gasteiger partial charge in [-0.05, 0) is 87.9 Å². The SMILES string of the molecule is CC(C)C[C@H](NC(=O)OCc1ccccc1)C(=O)NCCCN[C@@H](C[C@H]1O[C@@H](n2ccc(=O)[nH]c2=O)[C@H](O[Si](C)(C)C(C)(C)C)[C@@H]1O[Si](C)(C)C(C)(C)C)C(=O)OC(C)(C)C. The summed E-state index contributed by atoms with van der Waals surface area (Å²) in [6.07, 6.45) is -1.49. The minimum atomic E-state index is -2.55. The van der Waals surface area contributed by atoms with Gasteiger partial charge in [-0.2, -0.15) is 0 Å². The molecule has 0 bridgehead atoms. The highest BCUT2D eigenvalue weighted by atomic mass is 28.4. The second kappa shape index (κ2) is 21.2. The van der Waals surface area contributed by atoms with E-state index in [1.807, 2.05) is 44.2 Å². The van der Waals surface area contributed by atoms with Crippen LogP contribution in [0.1, 0.15) is 107 Å². The lowest BCUT2D eigenvalue weighted by Gasteiger charge is -2.44. The van der Waals surface area contributed by atoms with Crippen LogP contribution in [-0.4, -0.2) is 93.2 Å². The number of esters is 1. The number of carbonyl (C=O) groups excluding carboxylic acids is 3.